The largest absolute Gasteiger partial charge is 0.485 e. The van der Waals surface area contributed by atoms with Crippen LogP contribution in [0.3, 0.4) is 0 Å². The van der Waals surface area contributed by atoms with Gasteiger partial charge in [0.1, 0.15) is 6.61 Å². The molecular weight excluding hydrogens is 417 g/mol. The number of thiazole rings is 1. The van der Waals surface area contributed by atoms with Gasteiger partial charge in [-0.1, -0.05) is 30.3 Å². The summed E-state index contributed by atoms with van der Waals surface area (Å²) in [6, 6.07) is 12.3. The van der Waals surface area contributed by atoms with Crippen molar-refractivity contribution in [2.75, 3.05) is 11.9 Å². The monoisotopic (exact) mass is 434 g/mol. The molecule has 1 amide bonds. The molecule has 0 bridgehead atoms. The summed E-state index contributed by atoms with van der Waals surface area (Å²) in [5.41, 5.74) is 0.486. The summed E-state index contributed by atoms with van der Waals surface area (Å²) in [5, 5.41) is 3.07. The average molecular weight is 434 g/mol. The summed E-state index contributed by atoms with van der Waals surface area (Å²) in [7, 11) is 0. The third kappa shape index (κ3) is 4.40. The fourth-order valence-electron chi connectivity index (χ4n) is 3.02. The summed E-state index contributed by atoms with van der Waals surface area (Å²) >= 11 is 1.22. The van der Waals surface area contributed by atoms with E-state index < -0.39 is 23.8 Å². The number of carbonyl (C=O) groups excluding carboxylic acids is 1. The summed E-state index contributed by atoms with van der Waals surface area (Å²) in [5.74, 6) is 0.670. The molecular formula is C21H17F3N2O3S. The van der Waals surface area contributed by atoms with Crippen molar-refractivity contribution in [2.24, 2.45) is 0 Å². The predicted molar refractivity (Wildman–Crippen MR) is 106 cm³/mol. The highest BCUT2D eigenvalue weighted by Gasteiger charge is 2.31. The van der Waals surface area contributed by atoms with Gasteiger partial charge >= 0.3 is 6.18 Å². The Morgan fingerprint density at radius 1 is 1.20 bits per heavy atom. The van der Waals surface area contributed by atoms with Gasteiger partial charge < -0.3 is 9.47 Å². The molecule has 1 aliphatic heterocycles. The van der Waals surface area contributed by atoms with Crippen molar-refractivity contribution in [3.05, 3.63) is 70.2 Å². The molecule has 0 fully saturated rings. The highest BCUT2D eigenvalue weighted by molar-refractivity contribution is 7.15. The number of nitrogens with zero attached hydrogens (tertiary/aromatic N) is 1. The molecule has 1 N–H and O–H groups in total. The molecule has 0 spiro atoms. The molecule has 0 aliphatic carbocycles. The molecule has 4 rings (SSSR count). The molecule has 0 radical (unpaired) electrons. The summed E-state index contributed by atoms with van der Waals surface area (Å²) in [6.45, 7) is 1.83. The molecule has 9 heteroatoms. The molecule has 156 valence electrons. The fraction of sp³-hybridized carbons (Fsp3) is 0.238. The van der Waals surface area contributed by atoms with E-state index in [-0.39, 0.29) is 6.61 Å². The lowest BCUT2D eigenvalue weighted by Gasteiger charge is -2.25. The van der Waals surface area contributed by atoms with E-state index in [9.17, 15) is 18.0 Å². The number of halogens is 3. The predicted octanol–water partition coefficient (Wildman–Crippen LogP) is 4.84. The topological polar surface area (TPSA) is 60.5 Å². The lowest BCUT2D eigenvalue weighted by Crippen LogP contribution is -2.40. The second kappa shape index (κ2) is 7.98. The highest BCUT2D eigenvalue weighted by Crippen LogP contribution is 2.33. The Hall–Kier alpha value is -3.07. The van der Waals surface area contributed by atoms with E-state index >= 15 is 0 Å². The lowest BCUT2D eigenvalue weighted by molar-refractivity contribution is -0.137. The van der Waals surface area contributed by atoms with Gasteiger partial charge in [-0.05, 0) is 30.7 Å². The van der Waals surface area contributed by atoms with Crippen molar-refractivity contribution >= 4 is 22.4 Å². The molecule has 1 unspecified atom stereocenters. The molecule has 1 atom stereocenters. The Morgan fingerprint density at radius 3 is 2.73 bits per heavy atom. The van der Waals surface area contributed by atoms with Crippen LogP contribution in [0, 0.1) is 6.92 Å². The molecule has 0 saturated carbocycles. The number of fused-ring (bicyclic) bond motifs is 1. The minimum absolute atomic E-state index is 0.0737. The van der Waals surface area contributed by atoms with E-state index in [0.29, 0.717) is 34.3 Å². The van der Waals surface area contributed by atoms with Crippen molar-refractivity contribution in [1.29, 1.82) is 0 Å². The molecule has 1 aromatic heterocycles. The number of para-hydroxylation sites is 2. The van der Waals surface area contributed by atoms with Gasteiger partial charge in [-0.15, -0.1) is 11.3 Å². The van der Waals surface area contributed by atoms with Crippen LogP contribution < -0.4 is 14.8 Å². The SMILES string of the molecule is Cc1nc(NC(=O)C2COc3ccccc3O2)sc1Cc1cccc(C(F)(F)F)c1. The second-order valence-corrected chi connectivity index (χ2v) is 7.84. The van der Waals surface area contributed by atoms with Gasteiger partial charge in [0.05, 0.1) is 11.3 Å². The Kier molecular flexibility index (Phi) is 5.38. The van der Waals surface area contributed by atoms with Crippen molar-refractivity contribution in [1.82, 2.24) is 4.98 Å². The number of hydrogen-bond donors (Lipinski definition) is 1. The number of rotatable bonds is 4. The fourth-order valence-corrected chi connectivity index (χ4v) is 4.02. The highest BCUT2D eigenvalue weighted by atomic mass is 32.1. The number of hydrogen-bond acceptors (Lipinski definition) is 5. The maximum atomic E-state index is 12.9. The number of alkyl halides is 3. The van der Waals surface area contributed by atoms with Crippen LogP contribution >= 0.6 is 11.3 Å². The van der Waals surface area contributed by atoms with E-state index in [1.165, 1.54) is 17.4 Å². The number of aromatic nitrogens is 1. The number of amides is 1. The molecule has 30 heavy (non-hydrogen) atoms. The Morgan fingerprint density at radius 2 is 1.97 bits per heavy atom. The number of aryl methyl sites for hydroxylation is 1. The van der Waals surface area contributed by atoms with Gasteiger partial charge in [0.25, 0.3) is 5.91 Å². The summed E-state index contributed by atoms with van der Waals surface area (Å²) < 4.78 is 50.0. The maximum Gasteiger partial charge on any atom is 0.416 e. The van der Waals surface area contributed by atoms with Crippen LogP contribution in [0.25, 0.3) is 0 Å². The van der Waals surface area contributed by atoms with Gasteiger partial charge in [-0.3, -0.25) is 10.1 Å². The van der Waals surface area contributed by atoms with E-state index in [1.807, 2.05) is 6.07 Å². The average Bonchev–Trinajstić information content (AvgIpc) is 3.05. The number of nitrogens with one attached hydrogen (secondary N) is 1. The second-order valence-electron chi connectivity index (χ2n) is 6.76. The van der Waals surface area contributed by atoms with Crippen LogP contribution in [-0.2, 0) is 17.4 Å². The van der Waals surface area contributed by atoms with E-state index in [2.05, 4.69) is 10.3 Å². The first-order chi connectivity index (χ1) is 14.3. The first-order valence-corrected chi connectivity index (χ1v) is 9.93. The van der Waals surface area contributed by atoms with Gasteiger partial charge in [0, 0.05) is 11.3 Å². The third-order valence-electron chi connectivity index (χ3n) is 4.54. The molecule has 0 saturated heterocycles. The summed E-state index contributed by atoms with van der Waals surface area (Å²) in [6.07, 6.45) is -4.92. The van der Waals surface area contributed by atoms with Crippen molar-refractivity contribution in [2.45, 2.75) is 25.6 Å². The minimum atomic E-state index is -4.39. The zero-order valence-corrected chi connectivity index (χ0v) is 16.6. The van der Waals surface area contributed by atoms with Gasteiger partial charge in [0.2, 0.25) is 6.10 Å². The lowest BCUT2D eigenvalue weighted by atomic mass is 10.1. The van der Waals surface area contributed by atoms with Crippen LogP contribution in [0.15, 0.2) is 48.5 Å². The molecule has 5 nitrogen and oxygen atoms in total. The normalized spacial score (nSPS) is 15.7. The smallest absolute Gasteiger partial charge is 0.416 e. The Balaban J connectivity index is 1.44. The summed E-state index contributed by atoms with van der Waals surface area (Å²) in [4.78, 5) is 17.6. The minimum Gasteiger partial charge on any atom is -0.485 e. The zero-order valence-electron chi connectivity index (χ0n) is 15.8. The Labute approximate surface area is 174 Å². The van der Waals surface area contributed by atoms with Crippen molar-refractivity contribution in [3.8, 4) is 11.5 Å². The first-order valence-electron chi connectivity index (χ1n) is 9.11. The van der Waals surface area contributed by atoms with E-state index in [1.54, 1.807) is 31.2 Å². The number of anilines is 1. The zero-order chi connectivity index (χ0) is 21.3. The molecule has 3 aromatic rings. The van der Waals surface area contributed by atoms with Crippen LogP contribution in [0.2, 0.25) is 0 Å². The van der Waals surface area contributed by atoms with E-state index in [0.717, 1.165) is 17.0 Å². The van der Waals surface area contributed by atoms with Gasteiger partial charge in [-0.25, -0.2) is 4.98 Å². The van der Waals surface area contributed by atoms with Gasteiger partial charge in [0.15, 0.2) is 16.6 Å². The van der Waals surface area contributed by atoms with Gasteiger partial charge in [-0.2, -0.15) is 13.2 Å². The maximum absolute atomic E-state index is 12.9. The Bertz CT molecular complexity index is 1080. The quantitative estimate of drug-likeness (QED) is 0.639. The number of benzene rings is 2. The van der Waals surface area contributed by atoms with Crippen LogP contribution in [0.5, 0.6) is 11.5 Å². The molecule has 2 heterocycles. The van der Waals surface area contributed by atoms with Crippen LogP contribution in [0.1, 0.15) is 21.7 Å². The molecule has 1 aliphatic rings. The van der Waals surface area contributed by atoms with Crippen LogP contribution in [-0.4, -0.2) is 23.6 Å². The first kappa shape index (κ1) is 20.2. The molecule has 2 aromatic carbocycles. The number of ether oxygens (including phenoxy) is 2. The number of carbonyl (C=O) groups is 1. The van der Waals surface area contributed by atoms with Crippen molar-refractivity contribution in [3.63, 3.8) is 0 Å². The van der Waals surface area contributed by atoms with Crippen LogP contribution in [0.4, 0.5) is 18.3 Å². The third-order valence-corrected chi connectivity index (χ3v) is 5.62. The van der Waals surface area contributed by atoms with E-state index in [4.69, 9.17) is 9.47 Å². The van der Waals surface area contributed by atoms with Crippen molar-refractivity contribution < 1.29 is 27.4 Å². The standard InChI is InChI=1S/C21H17F3N2O3S/c1-12-18(10-13-5-4-6-14(9-13)21(22,23)24)30-20(25-12)26-19(27)17-11-28-15-7-2-3-8-16(15)29-17/h2-9,17H,10-11H2,1H3,(H,25,26,27).